The highest BCUT2D eigenvalue weighted by molar-refractivity contribution is 6.30. The lowest BCUT2D eigenvalue weighted by molar-refractivity contribution is -0.137. The molecule has 0 atom stereocenters. The number of hydrogen-bond donors (Lipinski definition) is 1. The van der Waals surface area contributed by atoms with Gasteiger partial charge in [0, 0.05) is 28.2 Å². The lowest BCUT2D eigenvalue weighted by atomic mass is 9.93. The van der Waals surface area contributed by atoms with Gasteiger partial charge in [-0.05, 0) is 36.6 Å². The maximum Gasteiger partial charge on any atom is 0.418 e. The highest BCUT2D eigenvalue weighted by atomic mass is 35.5. The standard InChI is InChI=1S/C16H10ClF4N3/c17-9-3-10(18)5-11(4-9)24-7-12(16(19,20)21)14-13(24)2-1-8-6-22-23-15(8)14/h3-7H,1-2H2,(H,22,23). The summed E-state index contributed by atoms with van der Waals surface area (Å²) in [6.45, 7) is 0. The van der Waals surface area contributed by atoms with E-state index in [1.54, 1.807) is 0 Å². The molecule has 0 saturated carbocycles. The van der Waals surface area contributed by atoms with Gasteiger partial charge >= 0.3 is 6.18 Å². The second-order valence-corrected chi connectivity index (χ2v) is 6.07. The third-order valence-electron chi connectivity index (χ3n) is 4.14. The normalized spacial score (nSPS) is 13.7. The molecule has 0 amide bonds. The van der Waals surface area contributed by atoms with Crippen LogP contribution in [0.4, 0.5) is 17.6 Å². The first-order chi connectivity index (χ1) is 11.3. The van der Waals surface area contributed by atoms with Crippen molar-refractivity contribution in [3.8, 4) is 16.9 Å². The van der Waals surface area contributed by atoms with Crippen LogP contribution in [0.15, 0.2) is 30.6 Å². The van der Waals surface area contributed by atoms with Crippen LogP contribution >= 0.6 is 11.6 Å². The molecule has 0 bridgehead atoms. The van der Waals surface area contributed by atoms with E-state index in [-0.39, 0.29) is 16.3 Å². The van der Waals surface area contributed by atoms with Gasteiger partial charge in [-0.25, -0.2) is 4.39 Å². The molecule has 2 heterocycles. The maximum absolute atomic E-state index is 13.6. The number of halogens is 5. The van der Waals surface area contributed by atoms with E-state index in [4.69, 9.17) is 11.6 Å². The number of benzene rings is 1. The summed E-state index contributed by atoms with van der Waals surface area (Å²) in [4.78, 5) is 0. The van der Waals surface area contributed by atoms with Crippen molar-refractivity contribution in [2.24, 2.45) is 0 Å². The minimum atomic E-state index is -4.54. The van der Waals surface area contributed by atoms with Crippen molar-refractivity contribution < 1.29 is 17.6 Å². The molecule has 0 saturated heterocycles. The van der Waals surface area contributed by atoms with Crippen molar-refractivity contribution in [3.63, 3.8) is 0 Å². The van der Waals surface area contributed by atoms with Gasteiger partial charge in [-0.1, -0.05) is 11.6 Å². The van der Waals surface area contributed by atoms with E-state index in [0.717, 1.165) is 23.9 Å². The van der Waals surface area contributed by atoms with E-state index in [1.165, 1.54) is 16.8 Å². The van der Waals surface area contributed by atoms with Gasteiger partial charge in [0.05, 0.1) is 17.5 Å². The first-order valence-electron chi connectivity index (χ1n) is 7.15. The van der Waals surface area contributed by atoms with Gasteiger partial charge in [-0.15, -0.1) is 0 Å². The highest BCUT2D eigenvalue weighted by Gasteiger charge is 2.39. The summed E-state index contributed by atoms with van der Waals surface area (Å²) >= 11 is 5.85. The molecule has 1 aromatic carbocycles. The number of aromatic nitrogens is 3. The molecule has 1 aliphatic carbocycles. The Kier molecular flexibility index (Phi) is 3.25. The molecule has 0 radical (unpaired) electrons. The van der Waals surface area contributed by atoms with Crippen LogP contribution in [0.25, 0.3) is 16.9 Å². The van der Waals surface area contributed by atoms with Crippen LogP contribution in [0.5, 0.6) is 0 Å². The Labute approximate surface area is 138 Å². The van der Waals surface area contributed by atoms with Crippen LogP contribution in [-0.2, 0) is 19.0 Å². The molecule has 124 valence electrons. The van der Waals surface area contributed by atoms with Gasteiger partial charge < -0.3 is 4.57 Å². The molecule has 0 spiro atoms. The smallest absolute Gasteiger partial charge is 0.319 e. The minimum Gasteiger partial charge on any atom is -0.319 e. The Morgan fingerprint density at radius 2 is 1.96 bits per heavy atom. The third-order valence-corrected chi connectivity index (χ3v) is 4.36. The van der Waals surface area contributed by atoms with Crippen molar-refractivity contribution in [1.82, 2.24) is 14.8 Å². The Hall–Kier alpha value is -2.28. The van der Waals surface area contributed by atoms with Gasteiger partial charge in [0.15, 0.2) is 0 Å². The fourth-order valence-corrected chi connectivity index (χ4v) is 3.38. The predicted octanol–water partition coefficient (Wildman–Crippen LogP) is 4.78. The summed E-state index contributed by atoms with van der Waals surface area (Å²) in [5.41, 5.74) is 1.12. The van der Waals surface area contributed by atoms with Gasteiger partial charge in [-0.2, -0.15) is 18.3 Å². The maximum atomic E-state index is 13.6. The molecule has 0 fully saturated rings. The molecule has 24 heavy (non-hydrogen) atoms. The zero-order chi connectivity index (χ0) is 17.1. The molecule has 0 aliphatic heterocycles. The number of H-pyrrole nitrogens is 1. The topological polar surface area (TPSA) is 33.6 Å². The van der Waals surface area contributed by atoms with Crippen molar-refractivity contribution in [2.45, 2.75) is 19.0 Å². The molecule has 3 nitrogen and oxygen atoms in total. The van der Waals surface area contributed by atoms with E-state index in [9.17, 15) is 17.6 Å². The lowest BCUT2D eigenvalue weighted by Gasteiger charge is -2.17. The Bertz CT molecular complexity index is 919. The fraction of sp³-hybridized carbons (Fsp3) is 0.188. The SMILES string of the molecule is Fc1cc(Cl)cc(-n2cc(C(F)(F)F)c3c2CCc2cn[nH]c2-3)c1. The number of aryl methyl sites for hydroxylation is 1. The highest BCUT2D eigenvalue weighted by Crippen LogP contribution is 2.44. The molecule has 2 aromatic heterocycles. The number of nitrogens with zero attached hydrogens (tertiary/aromatic N) is 2. The zero-order valence-electron chi connectivity index (χ0n) is 12.1. The molecular formula is C16H10ClF4N3. The third kappa shape index (κ3) is 2.31. The second kappa shape index (κ2) is 5.11. The molecule has 0 unspecified atom stereocenters. The average molecular weight is 356 g/mol. The van der Waals surface area contributed by atoms with Crippen LogP contribution in [0, 0.1) is 5.82 Å². The van der Waals surface area contributed by atoms with Crippen LogP contribution < -0.4 is 0 Å². The van der Waals surface area contributed by atoms with Gasteiger partial charge in [-0.3, -0.25) is 5.10 Å². The van der Waals surface area contributed by atoms with E-state index in [1.807, 2.05) is 0 Å². The molecule has 3 aromatic rings. The van der Waals surface area contributed by atoms with Crippen molar-refractivity contribution in [3.05, 3.63) is 58.3 Å². The number of rotatable bonds is 1. The summed E-state index contributed by atoms with van der Waals surface area (Å²) in [7, 11) is 0. The van der Waals surface area contributed by atoms with Crippen LogP contribution in [0.1, 0.15) is 16.8 Å². The van der Waals surface area contributed by atoms with Crippen molar-refractivity contribution >= 4 is 11.6 Å². The summed E-state index contributed by atoms with van der Waals surface area (Å²) < 4.78 is 55.5. The fourth-order valence-electron chi connectivity index (χ4n) is 3.17. The van der Waals surface area contributed by atoms with Crippen molar-refractivity contribution in [2.75, 3.05) is 0 Å². The largest absolute Gasteiger partial charge is 0.418 e. The summed E-state index contributed by atoms with van der Waals surface area (Å²) in [5.74, 6) is -0.605. The Morgan fingerprint density at radius 3 is 2.67 bits per heavy atom. The summed E-state index contributed by atoms with van der Waals surface area (Å²) in [5, 5.41) is 6.63. The number of alkyl halides is 3. The first-order valence-corrected chi connectivity index (χ1v) is 7.53. The number of hydrogen-bond acceptors (Lipinski definition) is 1. The molecular weight excluding hydrogens is 346 g/mol. The van der Waals surface area contributed by atoms with E-state index < -0.39 is 17.6 Å². The Balaban J connectivity index is 2.01. The number of aromatic amines is 1. The Morgan fingerprint density at radius 1 is 1.17 bits per heavy atom. The lowest BCUT2D eigenvalue weighted by Crippen LogP contribution is -2.09. The van der Waals surface area contributed by atoms with E-state index >= 15 is 0 Å². The molecule has 1 aliphatic rings. The van der Waals surface area contributed by atoms with Crippen LogP contribution in [0.3, 0.4) is 0 Å². The summed E-state index contributed by atoms with van der Waals surface area (Å²) in [6, 6.07) is 3.71. The minimum absolute atomic E-state index is 0.0710. The van der Waals surface area contributed by atoms with Gasteiger partial charge in [0.25, 0.3) is 0 Å². The molecule has 8 heteroatoms. The molecule has 4 rings (SSSR count). The zero-order valence-corrected chi connectivity index (χ0v) is 12.8. The van der Waals surface area contributed by atoms with Crippen molar-refractivity contribution in [1.29, 1.82) is 0 Å². The van der Waals surface area contributed by atoms with Crippen LogP contribution in [0.2, 0.25) is 5.02 Å². The van der Waals surface area contributed by atoms with Crippen LogP contribution in [-0.4, -0.2) is 14.8 Å². The summed E-state index contributed by atoms with van der Waals surface area (Å²) in [6.07, 6.45) is -1.05. The number of fused-ring (bicyclic) bond motifs is 3. The van der Waals surface area contributed by atoms with Gasteiger partial charge in [0.2, 0.25) is 0 Å². The first kappa shape index (κ1) is 15.3. The second-order valence-electron chi connectivity index (χ2n) is 5.63. The van der Waals surface area contributed by atoms with E-state index in [0.29, 0.717) is 24.2 Å². The molecule has 1 N–H and O–H groups in total. The van der Waals surface area contributed by atoms with E-state index in [2.05, 4.69) is 10.2 Å². The predicted molar refractivity (Wildman–Crippen MR) is 80.7 cm³/mol. The monoisotopic (exact) mass is 355 g/mol. The average Bonchev–Trinajstić information content (AvgIpc) is 3.09. The van der Waals surface area contributed by atoms with Gasteiger partial charge in [0.1, 0.15) is 5.82 Å². The number of nitrogens with one attached hydrogen (secondary N) is 1. The quantitative estimate of drug-likeness (QED) is 0.626.